The van der Waals surface area contributed by atoms with Crippen LogP contribution >= 0.6 is 31.9 Å². The zero-order valence-corrected chi connectivity index (χ0v) is 16.4. The fourth-order valence-electron chi connectivity index (χ4n) is 3.80. The van der Waals surface area contributed by atoms with Gasteiger partial charge in [-0.25, -0.2) is 9.59 Å². The third-order valence-corrected chi connectivity index (χ3v) is 6.15. The topological polar surface area (TPSA) is 99.1 Å². The van der Waals surface area contributed by atoms with Gasteiger partial charge in [-0.3, -0.25) is 4.79 Å². The van der Waals surface area contributed by atoms with Gasteiger partial charge in [-0.05, 0) is 41.1 Å². The van der Waals surface area contributed by atoms with E-state index < -0.39 is 47.6 Å². The van der Waals surface area contributed by atoms with E-state index >= 15 is 0 Å². The number of carbonyl (C=O) groups excluding carboxylic acids is 3. The van der Waals surface area contributed by atoms with Gasteiger partial charge in [0.05, 0.1) is 17.1 Å². The maximum absolute atomic E-state index is 12.6. The number of hydrogen-bond donors (Lipinski definition) is 1. The normalized spacial score (nSPS) is 34.7. The van der Waals surface area contributed by atoms with Crippen molar-refractivity contribution in [1.82, 2.24) is 0 Å². The lowest BCUT2D eigenvalue weighted by molar-refractivity contribution is -0.162. The summed E-state index contributed by atoms with van der Waals surface area (Å²) in [4.78, 5) is 36.8. The fourth-order valence-corrected chi connectivity index (χ4v) is 5.01. The Morgan fingerprint density at radius 3 is 2.73 bits per heavy atom. The Balaban J connectivity index is 1.68. The zero-order valence-electron chi connectivity index (χ0n) is 13.3. The summed E-state index contributed by atoms with van der Waals surface area (Å²) in [5.74, 6) is -3.79. The second-order valence-corrected chi connectivity index (χ2v) is 8.33. The second kappa shape index (κ2) is 5.90. The lowest BCUT2D eigenvalue weighted by Crippen LogP contribution is -2.49. The van der Waals surface area contributed by atoms with Gasteiger partial charge in [0.1, 0.15) is 23.9 Å². The Hall–Kier alpha value is -1.71. The van der Waals surface area contributed by atoms with Crippen molar-refractivity contribution < 1.29 is 33.7 Å². The highest BCUT2D eigenvalue weighted by molar-refractivity contribution is 9.11. The SMILES string of the molecule is C[C@]1(O)[C@@H](OC(=O)c2ccc(Br)cc2Br)[C@H]2OC(=O)C3=COC(=O)[C@H]1[C@@H]32. The molecular formula is C17H12Br2O7. The van der Waals surface area contributed by atoms with Crippen LogP contribution in [0.2, 0.25) is 0 Å². The molecule has 2 heterocycles. The molecule has 2 aliphatic heterocycles. The van der Waals surface area contributed by atoms with E-state index in [1.54, 1.807) is 18.2 Å². The van der Waals surface area contributed by atoms with Crippen molar-refractivity contribution >= 4 is 49.8 Å². The van der Waals surface area contributed by atoms with Crippen molar-refractivity contribution in [2.75, 3.05) is 0 Å². The molecule has 26 heavy (non-hydrogen) atoms. The second-order valence-electron chi connectivity index (χ2n) is 6.56. The number of rotatable bonds is 2. The van der Waals surface area contributed by atoms with Crippen molar-refractivity contribution in [2.24, 2.45) is 11.8 Å². The third-order valence-electron chi connectivity index (χ3n) is 5.00. The molecule has 9 heteroatoms. The first kappa shape index (κ1) is 17.7. The average molecular weight is 488 g/mol. The monoisotopic (exact) mass is 486 g/mol. The molecule has 1 aromatic rings. The number of cyclic esters (lactones) is 1. The number of hydrogen-bond acceptors (Lipinski definition) is 7. The van der Waals surface area contributed by atoms with Crippen LogP contribution in [0.15, 0.2) is 39.0 Å². The van der Waals surface area contributed by atoms with Crippen LogP contribution in [-0.4, -0.2) is 40.8 Å². The van der Waals surface area contributed by atoms with Gasteiger partial charge in [0.2, 0.25) is 0 Å². The summed E-state index contributed by atoms with van der Waals surface area (Å²) in [6.45, 7) is 1.38. The third kappa shape index (κ3) is 2.44. The molecule has 1 aliphatic carbocycles. The number of carbonyl (C=O) groups is 3. The van der Waals surface area contributed by atoms with Crippen molar-refractivity contribution in [1.29, 1.82) is 0 Å². The molecule has 0 unspecified atom stereocenters. The summed E-state index contributed by atoms with van der Waals surface area (Å²) in [7, 11) is 0. The Morgan fingerprint density at radius 2 is 2.04 bits per heavy atom. The summed E-state index contributed by atoms with van der Waals surface area (Å²) in [6.07, 6.45) is -1.10. The Labute approximate surface area is 164 Å². The molecule has 4 rings (SSSR count). The van der Waals surface area contributed by atoms with E-state index in [2.05, 4.69) is 31.9 Å². The average Bonchev–Trinajstić information content (AvgIpc) is 2.98. The predicted octanol–water partition coefficient (Wildman–Crippen LogP) is 2.10. The van der Waals surface area contributed by atoms with Crippen LogP contribution in [-0.2, 0) is 23.8 Å². The molecule has 2 fully saturated rings. The summed E-state index contributed by atoms with van der Waals surface area (Å²) in [5.41, 5.74) is -1.34. The summed E-state index contributed by atoms with van der Waals surface area (Å²) >= 11 is 6.58. The van der Waals surface area contributed by atoms with Gasteiger partial charge in [0.25, 0.3) is 0 Å². The standard InChI is InChI=1S/C17H12Br2O7/c1-17(23)11-10-8(5-24-16(11)22)15(21)25-12(10)13(17)26-14(20)7-3-2-6(18)4-9(7)19/h2-5,10-13,23H,1H3/t10-,11-,12+,13+,17-/m1/s1. The van der Waals surface area contributed by atoms with Crippen LogP contribution in [0.3, 0.4) is 0 Å². The molecule has 7 nitrogen and oxygen atoms in total. The zero-order chi connectivity index (χ0) is 18.8. The van der Waals surface area contributed by atoms with E-state index in [4.69, 9.17) is 14.2 Å². The van der Waals surface area contributed by atoms with Crippen LogP contribution < -0.4 is 0 Å². The van der Waals surface area contributed by atoms with Gasteiger partial charge in [-0.1, -0.05) is 15.9 Å². The maximum Gasteiger partial charge on any atom is 0.339 e. The molecule has 1 saturated carbocycles. The lowest BCUT2D eigenvalue weighted by Gasteiger charge is -2.32. The molecule has 0 aromatic heterocycles. The van der Waals surface area contributed by atoms with Gasteiger partial charge in [-0.2, -0.15) is 0 Å². The molecule has 5 atom stereocenters. The highest BCUT2D eigenvalue weighted by atomic mass is 79.9. The molecule has 1 saturated heterocycles. The minimum atomic E-state index is -1.75. The van der Waals surface area contributed by atoms with Crippen LogP contribution in [0.5, 0.6) is 0 Å². The Bertz CT molecular complexity index is 876. The molecule has 3 aliphatic rings. The van der Waals surface area contributed by atoms with Gasteiger partial charge in [0.15, 0.2) is 6.10 Å². The van der Waals surface area contributed by atoms with Crippen LogP contribution in [0.1, 0.15) is 17.3 Å². The van der Waals surface area contributed by atoms with Crippen molar-refractivity contribution in [3.05, 3.63) is 44.5 Å². The number of halogens is 2. The van der Waals surface area contributed by atoms with Crippen LogP contribution in [0, 0.1) is 11.8 Å². The van der Waals surface area contributed by atoms with Crippen molar-refractivity contribution in [2.45, 2.75) is 24.7 Å². The minimum absolute atomic E-state index is 0.170. The minimum Gasteiger partial charge on any atom is -0.454 e. The van der Waals surface area contributed by atoms with E-state index in [0.29, 0.717) is 4.47 Å². The molecule has 0 radical (unpaired) electrons. The molecule has 136 valence electrons. The molecule has 0 amide bonds. The summed E-state index contributed by atoms with van der Waals surface area (Å²) in [6, 6.07) is 4.89. The van der Waals surface area contributed by atoms with E-state index in [-0.39, 0.29) is 11.1 Å². The largest absolute Gasteiger partial charge is 0.454 e. The highest BCUT2D eigenvalue weighted by Gasteiger charge is 2.70. The van der Waals surface area contributed by atoms with E-state index in [1.807, 2.05) is 0 Å². The number of ether oxygens (including phenoxy) is 3. The molecule has 0 bridgehead atoms. The van der Waals surface area contributed by atoms with Gasteiger partial charge < -0.3 is 19.3 Å². The van der Waals surface area contributed by atoms with Gasteiger partial charge >= 0.3 is 17.9 Å². The summed E-state index contributed by atoms with van der Waals surface area (Å²) in [5, 5.41) is 10.9. The molecular weight excluding hydrogens is 476 g/mol. The first-order valence-corrected chi connectivity index (χ1v) is 9.30. The quantitative estimate of drug-likeness (QED) is 0.503. The Morgan fingerprint density at radius 1 is 1.31 bits per heavy atom. The van der Waals surface area contributed by atoms with Gasteiger partial charge in [0, 0.05) is 8.95 Å². The highest BCUT2D eigenvalue weighted by Crippen LogP contribution is 2.53. The first-order valence-electron chi connectivity index (χ1n) is 7.71. The molecule has 1 N–H and O–H groups in total. The van der Waals surface area contributed by atoms with Crippen LogP contribution in [0.25, 0.3) is 0 Å². The maximum atomic E-state index is 12.6. The van der Waals surface area contributed by atoms with E-state index in [1.165, 1.54) is 6.92 Å². The van der Waals surface area contributed by atoms with E-state index in [9.17, 15) is 19.5 Å². The van der Waals surface area contributed by atoms with E-state index in [0.717, 1.165) is 10.7 Å². The smallest absolute Gasteiger partial charge is 0.339 e. The molecule has 1 aromatic carbocycles. The molecule has 0 spiro atoms. The fraction of sp³-hybridized carbons (Fsp3) is 0.353. The predicted molar refractivity (Wildman–Crippen MR) is 92.7 cm³/mol. The number of aliphatic hydroxyl groups is 1. The number of benzene rings is 1. The Kier molecular flexibility index (Phi) is 4.01. The van der Waals surface area contributed by atoms with Gasteiger partial charge in [-0.15, -0.1) is 0 Å². The lowest BCUT2D eigenvalue weighted by atomic mass is 9.82. The van der Waals surface area contributed by atoms with Crippen molar-refractivity contribution in [3.63, 3.8) is 0 Å². The van der Waals surface area contributed by atoms with Crippen molar-refractivity contribution in [3.8, 4) is 0 Å². The summed E-state index contributed by atoms with van der Waals surface area (Å²) < 4.78 is 16.9. The number of esters is 3. The van der Waals surface area contributed by atoms with Crippen LogP contribution in [0.4, 0.5) is 0 Å². The first-order chi connectivity index (χ1) is 12.2.